The summed E-state index contributed by atoms with van der Waals surface area (Å²) in [6.45, 7) is 2.63. The van der Waals surface area contributed by atoms with Crippen molar-refractivity contribution in [1.82, 2.24) is 24.9 Å². The summed E-state index contributed by atoms with van der Waals surface area (Å²) in [5.74, 6) is 0.527. The number of carbonyl (C=O) groups is 1. The highest BCUT2D eigenvalue weighted by molar-refractivity contribution is 5.76. The van der Waals surface area contributed by atoms with Gasteiger partial charge in [0, 0.05) is 37.2 Å². The maximum absolute atomic E-state index is 12.6. The summed E-state index contributed by atoms with van der Waals surface area (Å²) in [6, 6.07) is 12.1. The monoisotopic (exact) mass is 525 g/mol. The number of fused-ring (bicyclic) bond motifs is 1. The number of carbonyl (C=O) groups excluding carboxylic acids is 1. The molecule has 38 heavy (non-hydrogen) atoms. The Bertz CT molecular complexity index is 1410. The predicted molar refractivity (Wildman–Crippen MR) is 142 cm³/mol. The zero-order valence-electron chi connectivity index (χ0n) is 21.0. The molecular formula is C26H29F2N7O3. The number of rotatable bonds is 6. The third-order valence-corrected chi connectivity index (χ3v) is 5.59. The second kappa shape index (κ2) is 13.2. The number of hydrogen-bond acceptors (Lipinski definition) is 9. The Morgan fingerprint density at radius 3 is 2.71 bits per heavy atom. The molecule has 3 aromatic heterocycles. The number of nitrogen functional groups attached to an aromatic ring is 1. The molecule has 0 amide bonds. The van der Waals surface area contributed by atoms with Gasteiger partial charge in [-0.15, -0.1) is 0 Å². The van der Waals surface area contributed by atoms with Crippen LogP contribution in [0.3, 0.4) is 0 Å². The number of aromatic nitrogens is 4. The smallest absolute Gasteiger partial charge is 0.387 e. The van der Waals surface area contributed by atoms with Crippen molar-refractivity contribution in [2.75, 3.05) is 31.2 Å². The molecular weight excluding hydrogens is 496 g/mol. The number of benzene rings is 1. The van der Waals surface area contributed by atoms with Gasteiger partial charge in [0.2, 0.25) is 0 Å². The van der Waals surface area contributed by atoms with E-state index in [2.05, 4.69) is 31.4 Å². The van der Waals surface area contributed by atoms with E-state index in [0.29, 0.717) is 22.8 Å². The van der Waals surface area contributed by atoms with E-state index in [-0.39, 0.29) is 5.75 Å². The molecule has 0 atom stereocenters. The molecule has 0 radical (unpaired) electrons. The third kappa shape index (κ3) is 6.47. The van der Waals surface area contributed by atoms with Gasteiger partial charge < -0.3 is 31.0 Å². The van der Waals surface area contributed by atoms with Crippen molar-refractivity contribution >= 4 is 35.2 Å². The van der Waals surface area contributed by atoms with E-state index in [1.165, 1.54) is 12.1 Å². The number of nitrogens with zero attached hydrogens (tertiary/aromatic N) is 4. The topological polar surface area (TPSA) is 140 Å². The van der Waals surface area contributed by atoms with Crippen molar-refractivity contribution in [3.8, 4) is 17.0 Å². The zero-order valence-corrected chi connectivity index (χ0v) is 21.0. The van der Waals surface area contributed by atoms with Gasteiger partial charge in [0.25, 0.3) is 0 Å². The number of aliphatic hydroxyl groups excluding tert-OH is 1. The Morgan fingerprint density at radius 1 is 1.21 bits per heavy atom. The van der Waals surface area contributed by atoms with Crippen LogP contribution < -0.4 is 21.1 Å². The molecule has 0 saturated carbocycles. The standard InChI is InChI=1S/C24H23F2N7O.CH4O.CH2O/c1-14-20(30-17-3-2-4-18(12-17)34-24(25)26)11-16(13-29-14)19-5-6-21-31-23(27)22(33(21)32-19)15-7-9-28-10-8-15;2*1-2/h2-7,11-13,24,28,30H,8-10,27H2,1H3;2H,1H3;1H2. The molecule has 4 heterocycles. The van der Waals surface area contributed by atoms with Gasteiger partial charge in [-0.3, -0.25) is 4.98 Å². The number of halogens is 2. The van der Waals surface area contributed by atoms with Crippen LogP contribution in [0.25, 0.3) is 22.5 Å². The average Bonchev–Trinajstić information content (AvgIpc) is 3.27. The van der Waals surface area contributed by atoms with Crippen LogP contribution in [0.2, 0.25) is 0 Å². The first-order valence-corrected chi connectivity index (χ1v) is 11.6. The lowest BCUT2D eigenvalue weighted by atomic mass is 10.1. The van der Waals surface area contributed by atoms with Crippen LogP contribution >= 0.6 is 0 Å². The van der Waals surface area contributed by atoms with Gasteiger partial charge in [0.15, 0.2) is 11.5 Å². The first-order valence-electron chi connectivity index (χ1n) is 11.6. The quantitative estimate of drug-likeness (QED) is 0.296. The molecule has 12 heteroatoms. The number of anilines is 3. The van der Waals surface area contributed by atoms with Gasteiger partial charge in [-0.25, -0.2) is 9.50 Å². The number of aliphatic hydroxyl groups is 1. The zero-order chi connectivity index (χ0) is 27.7. The van der Waals surface area contributed by atoms with Crippen molar-refractivity contribution in [1.29, 1.82) is 0 Å². The molecule has 1 aliphatic heterocycles. The van der Waals surface area contributed by atoms with Crippen molar-refractivity contribution in [3.05, 3.63) is 66.1 Å². The minimum absolute atomic E-state index is 0.0753. The highest BCUT2D eigenvalue weighted by Gasteiger charge is 2.18. The summed E-state index contributed by atoms with van der Waals surface area (Å²) < 4.78 is 31.4. The van der Waals surface area contributed by atoms with Crippen LogP contribution in [0.5, 0.6) is 5.75 Å². The number of ether oxygens (including phenoxy) is 1. The maximum Gasteiger partial charge on any atom is 0.387 e. The Balaban J connectivity index is 0.000000956. The van der Waals surface area contributed by atoms with Crippen LogP contribution in [0, 0.1) is 6.92 Å². The van der Waals surface area contributed by atoms with Crippen molar-refractivity contribution in [2.45, 2.75) is 20.0 Å². The average molecular weight is 526 g/mol. The number of pyridine rings is 1. The largest absolute Gasteiger partial charge is 0.435 e. The Kier molecular flexibility index (Phi) is 9.79. The van der Waals surface area contributed by atoms with E-state index in [1.54, 1.807) is 22.8 Å². The molecule has 0 unspecified atom stereocenters. The van der Waals surface area contributed by atoms with E-state index in [9.17, 15) is 8.78 Å². The lowest BCUT2D eigenvalue weighted by Gasteiger charge is -2.14. The molecule has 10 nitrogen and oxygen atoms in total. The molecule has 4 aromatic rings. The Morgan fingerprint density at radius 2 is 2.00 bits per heavy atom. The summed E-state index contributed by atoms with van der Waals surface area (Å²) in [5.41, 5.74) is 12.4. The van der Waals surface area contributed by atoms with Gasteiger partial charge in [-0.1, -0.05) is 12.1 Å². The number of nitrogens with one attached hydrogen (secondary N) is 2. The molecule has 0 aliphatic carbocycles. The summed E-state index contributed by atoms with van der Waals surface area (Å²) >= 11 is 0. The summed E-state index contributed by atoms with van der Waals surface area (Å²) in [6.07, 6.45) is 4.70. The van der Waals surface area contributed by atoms with Crippen LogP contribution in [-0.2, 0) is 4.79 Å². The highest BCUT2D eigenvalue weighted by Crippen LogP contribution is 2.30. The van der Waals surface area contributed by atoms with Crippen LogP contribution in [-0.4, -0.2) is 58.3 Å². The number of aryl methyl sites for hydroxylation is 1. The summed E-state index contributed by atoms with van der Waals surface area (Å²) in [7, 11) is 1.00. The molecule has 0 fully saturated rings. The van der Waals surface area contributed by atoms with Gasteiger partial charge in [-0.05, 0) is 55.8 Å². The van der Waals surface area contributed by atoms with E-state index in [0.717, 1.165) is 54.8 Å². The molecule has 1 aromatic carbocycles. The summed E-state index contributed by atoms with van der Waals surface area (Å²) in [5, 5.41) is 18.3. The Hall–Kier alpha value is -4.42. The SMILES string of the molecule is C=O.CO.Cc1ncc(-c2ccc3nc(N)c(C4=CCNCC4)n3n2)cc1Nc1cccc(OC(F)F)c1. The number of alkyl halides is 2. The van der Waals surface area contributed by atoms with E-state index >= 15 is 0 Å². The van der Waals surface area contributed by atoms with E-state index < -0.39 is 6.61 Å². The van der Waals surface area contributed by atoms with Gasteiger partial charge >= 0.3 is 6.61 Å². The molecule has 200 valence electrons. The summed E-state index contributed by atoms with van der Waals surface area (Å²) in [4.78, 5) is 17.0. The molecule has 5 rings (SSSR count). The maximum atomic E-state index is 12.6. The first kappa shape index (κ1) is 28.2. The predicted octanol–water partition coefficient (Wildman–Crippen LogP) is 3.83. The lowest BCUT2D eigenvalue weighted by molar-refractivity contribution is -0.0980. The van der Waals surface area contributed by atoms with Crippen molar-refractivity contribution in [3.63, 3.8) is 0 Å². The third-order valence-electron chi connectivity index (χ3n) is 5.59. The fraction of sp³-hybridized carbons (Fsp3) is 0.231. The van der Waals surface area contributed by atoms with Crippen LogP contribution in [0.1, 0.15) is 17.8 Å². The van der Waals surface area contributed by atoms with E-state index in [4.69, 9.17) is 20.7 Å². The van der Waals surface area contributed by atoms with Crippen LogP contribution in [0.15, 0.2) is 54.7 Å². The molecule has 0 saturated heterocycles. The molecule has 0 spiro atoms. The molecule has 1 aliphatic rings. The van der Waals surface area contributed by atoms with Gasteiger partial charge in [0.05, 0.1) is 17.1 Å². The van der Waals surface area contributed by atoms with Crippen LogP contribution in [0.4, 0.5) is 26.0 Å². The number of imidazole rings is 1. The normalized spacial score (nSPS) is 12.6. The fourth-order valence-electron chi connectivity index (χ4n) is 3.95. The number of nitrogens with two attached hydrogens (primary N) is 1. The second-order valence-electron chi connectivity index (χ2n) is 7.91. The minimum Gasteiger partial charge on any atom is -0.435 e. The van der Waals surface area contributed by atoms with Crippen molar-refractivity contribution in [2.24, 2.45) is 0 Å². The van der Waals surface area contributed by atoms with Gasteiger partial charge in [-0.2, -0.15) is 13.9 Å². The van der Waals surface area contributed by atoms with Crippen molar-refractivity contribution < 1.29 is 23.4 Å². The highest BCUT2D eigenvalue weighted by atomic mass is 19.3. The fourth-order valence-corrected chi connectivity index (χ4v) is 3.95. The van der Waals surface area contributed by atoms with E-state index in [1.807, 2.05) is 31.9 Å². The molecule has 0 bridgehead atoms. The molecule has 5 N–H and O–H groups in total. The lowest BCUT2D eigenvalue weighted by Crippen LogP contribution is -2.21. The minimum atomic E-state index is -2.88. The number of hydrogen-bond donors (Lipinski definition) is 4. The first-order chi connectivity index (χ1) is 18.5. The second-order valence-corrected chi connectivity index (χ2v) is 7.91. The Labute approximate surface area is 218 Å². The van der Waals surface area contributed by atoms with Gasteiger partial charge in [0.1, 0.15) is 18.2 Å².